The second kappa shape index (κ2) is 6.20. The fourth-order valence-electron chi connectivity index (χ4n) is 1.78. The van der Waals surface area contributed by atoms with Crippen LogP contribution >= 0.6 is 0 Å². The molecule has 0 unspecified atom stereocenters. The van der Waals surface area contributed by atoms with Crippen molar-refractivity contribution in [3.05, 3.63) is 0 Å². The third-order valence-corrected chi connectivity index (χ3v) is 4.76. The van der Waals surface area contributed by atoms with Crippen molar-refractivity contribution in [1.29, 1.82) is 0 Å². The number of hydrogen-bond acceptors (Lipinski definition) is 4. The van der Waals surface area contributed by atoms with Crippen molar-refractivity contribution in [3.63, 3.8) is 0 Å². The molecule has 0 aromatic rings. The second-order valence-electron chi connectivity index (χ2n) is 4.41. The molecule has 17 heavy (non-hydrogen) atoms. The van der Waals surface area contributed by atoms with Gasteiger partial charge in [-0.15, -0.1) is 0 Å². The van der Waals surface area contributed by atoms with Crippen molar-refractivity contribution < 1.29 is 18.3 Å². The van der Waals surface area contributed by atoms with Crippen LogP contribution in [0.25, 0.3) is 0 Å². The van der Waals surface area contributed by atoms with Crippen LogP contribution in [0.3, 0.4) is 0 Å². The van der Waals surface area contributed by atoms with Crippen molar-refractivity contribution >= 4 is 15.9 Å². The lowest BCUT2D eigenvalue weighted by Gasteiger charge is -2.16. The van der Waals surface area contributed by atoms with E-state index in [9.17, 15) is 13.2 Å². The Hall–Kier alpha value is -0.820. The third-order valence-electron chi connectivity index (χ3n) is 2.93. The average Bonchev–Trinajstić information content (AvgIpc) is 2.63. The highest BCUT2D eigenvalue weighted by molar-refractivity contribution is 7.91. The van der Waals surface area contributed by atoms with Crippen LogP contribution in [0.2, 0.25) is 0 Å². The van der Waals surface area contributed by atoms with Crippen LogP contribution in [-0.4, -0.2) is 50.3 Å². The van der Waals surface area contributed by atoms with Gasteiger partial charge in [0.25, 0.3) is 0 Å². The Morgan fingerprint density at radius 1 is 1.53 bits per heavy atom. The van der Waals surface area contributed by atoms with Gasteiger partial charge in [0.2, 0.25) is 0 Å². The zero-order chi connectivity index (χ0) is 12.9. The molecule has 1 fully saturated rings. The van der Waals surface area contributed by atoms with Gasteiger partial charge >= 0.3 is 6.03 Å². The molecule has 6 nitrogen and oxygen atoms in total. The monoisotopic (exact) mass is 264 g/mol. The number of aliphatic hydroxyl groups excluding tert-OH is 1. The molecule has 1 aliphatic rings. The first-order chi connectivity index (χ1) is 7.96. The maximum atomic E-state index is 11.4. The largest absolute Gasteiger partial charge is 0.394 e. The minimum absolute atomic E-state index is 0.0138. The van der Waals surface area contributed by atoms with Gasteiger partial charge in [0.15, 0.2) is 9.84 Å². The molecule has 1 saturated heterocycles. The van der Waals surface area contributed by atoms with Gasteiger partial charge in [-0.25, -0.2) is 13.2 Å². The van der Waals surface area contributed by atoms with E-state index >= 15 is 0 Å². The lowest BCUT2D eigenvalue weighted by Crippen LogP contribution is -2.45. The Bertz CT molecular complexity index is 351. The summed E-state index contributed by atoms with van der Waals surface area (Å²) in [5, 5.41) is 14.1. The van der Waals surface area contributed by atoms with E-state index in [1.807, 2.05) is 6.92 Å². The molecule has 1 aliphatic heterocycles. The second-order valence-corrected chi connectivity index (χ2v) is 6.64. The molecule has 0 radical (unpaired) electrons. The molecular formula is C10H20N2O4S. The Labute approximate surface area is 102 Å². The summed E-state index contributed by atoms with van der Waals surface area (Å²) in [6.07, 6.45) is 1.27. The van der Waals surface area contributed by atoms with Gasteiger partial charge in [0.1, 0.15) is 0 Å². The van der Waals surface area contributed by atoms with Crippen LogP contribution in [0.4, 0.5) is 4.79 Å². The molecule has 0 aromatic carbocycles. The highest BCUT2D eigenvalue weighted by Gasteiger charge is 2.27. The molecule has 3 N–H and O–H groups in total. The van der Waals surface area contributed by atoms with Crippen LogP contribution in [0.1, 0.15) is 19.8 Å². The number of aliphatic hydroxyl groups is 1. The number of carbonyl (C=O) groups excluding carboxylic acids is 1. The Morgan fingerprint density at radius 2 is 2.24 bits per heavy atom. The number of urea groups is 1. The smallest absolute Gasteiger partial charge is 0.315 e. The Morgan fingerprint density at radius 3 is 2.71 bits per heavy atom. The summed E-state index contributed by atoms with van der Waals surface area (Å²) in [6, 6.07) is -0.600. The molecule has 2 amide bonds. The first-order valence-corrected chi connectivity index (χ1v) is 7.64. The summed E-state index contributed by atoms with van der Waals surface area (Å²) >= 11 is 0. The summed E-state index contributed by atoms with van der Waals surface area (Å²) in [5.41, 5.74) is 0. The predicted molar refractivity (Wildman–Crippen MR) is 64.5 cm³/mol. The van der Waals surface area contributed by atoms with Crippen molar-refractivity contribution in [1.82, 2.24) is 10.6 Å². The summed E-state index contributed by atoms with van der Waals surface area (Å²) in [6.45, 7) is 2.14. The fraction of sp³-hybridized carbons (Fsp3) is 0.900. The van der Waals surface area contributed by atoms with Crippen molar-refractivity contribution in [3.8, 4) is 0 Å². The molecule has 100 valence electrons. The lowest BCUT2D eigenvalue weighted by molar-refractivity contribution is 0.213. The minimum atomic E-state index is -2.89. The van der Waals surface area contributed by atoms with Gasteiger partial charge in [-0.1, -0.05) is 6.92 Å². The SMILES string of the molecule is CC[C@H](CO)NC(=O)NC[C@H]1CCS(=O)(=O)C1. The lowest BCUT2D eigenvalue weighted by atomic mass is 10.1. The maximum absolute atomic E-state index is 11.4. The van der Waals surface area contributed by atoms with E-state index in [1.54, 1.807) is 0 Å². The molecule has 7 heteroatoms. The van der Waals surface area contributed by atoms with Crippen molar-refractivity contribution in [2.45, 2.75) is 25.8 Å². The number of carbonyl (C=O) groups is 1. The van der Waals surface area contributed by atoms with E-state index in [-0.39, 0.29) is 36.1 Å². The zero-order valence-electron chi connectivity index (χ0n) is 9.98. The standard InChI is InChI=1S/C10H20N2O4S/c1-2-9(6-13)12-10(14)11-5-8-3-4-17(15,16)7-8/h8-9,13H,2-7H2,1H3,(H2,11,12,14)/t8-,9-/m1/s1. The minimum Gasteiger partial charge on any atom is -0.394 e. The van der Waals surface area contributed by atoms with E-state index in [4.69, 9.17) is 5.11 Å². The molecule has 1 heterocycles. The van der Waals surface area contributed by atoms with E-state index in [0.717, 1.165) is 0 Å². The summed E-state index contributed by atoms with van der Waals surface area (Å²) < 4.78 is 22.4. The Kier molecular flexibility index (Phi) is 5.20. The zero-order valence-corrected chi connectivity index (χ0v) is 10.8. The van der Waals surface area contributed by atoms with Crippen LogP contribution in [0.5, 0.6) is 0 Å². The van der Waals surface area contributed by atoms with Crippen LogP contribution in [0.15, 0.2) is 0 Å². The van der Waals surface area contributed by atoms with Crippen molar-refractivity contribution in [2.75, 3.05) is 24.7 Å². The first kappa shape index (κ1) is 14.2. The van der Waals surface area contributed by atoms with E-state index in [0.29, 0.717) is 19.4 Å². The highest BCUT2D eigenvalue weighted by Crippen LogP contribution is 2.17. The third kappa shape index (κ3) is 4.91. The number of nitrogens with one attached hydrogen (secondary N) is 2. The topological polar surface area (TPSA) is 95.5 Å². The molecule has 0 aliphatic carbocycles. The van der Waals surface area contributed by atoms with Crippen LogP contribution in [0, 0.1) is 5.92 Å². The Balaban J connectivity index is 2.25. The predicted octanol–water partition coefficient (Wildman–Crippen LogP) is -0.509. The molecule has 0 bridgehead atoms. The molecule has 0 saturated carbocycles. The van der Waals surface area contributed by atoms with E-state index < -0.39 is 9.84 Å². The van der Waals surface area contributed by atoms with E-state index in [2.05, 4.69) is 10.6 Å². The maximum Gasteiger partial charge on any atom is 0.315 e. The number of sulfone groups is 1. The molecule has 0 aromatic heterocycles. The summed E-state index contributed by atoms with van der Waals surface area (Å²) in [5.74, 6) is 0.389. The van der Waals surface area contributed by atoms with Gasteiger partial charge in [-0.05, 0) is 18.8 Å². The van der Waals surface area contributed by atoms with E-state index in [1.165, 1.54) is 0 Å². The molecule has 0 spiro atoms. The normalized spacial score (nSPS) is 24.2. The van der Waals surface area contributed by atoms with Crippen LogP contribution < -0.4 is 10.6 Å². The average molecular weight is 264 g/mol. The van der Waals surface area contributed by atoms with Gasteiger partial charge in [-0.2, -0.15) is 0 Å². The quantitative estimate of drug-likeness (QED) is 0.623. The van der Waals surface area contributed by atoms with Gasteiger partial charge in [0, 0.05) is 6.54 Å². The van der Waals surface area contributed by atoms with Crippen LogP contribution in [-0.2, 0) is 9.84 Å². The van der Waals surface area contributed by atoms with Gasteiger partial charge < -0.3 is 15.7 Å². The summed E-state index contributed by atoms with van der Waals surface area (Å²) in [7, 11) is -2.89. The van der Waals surface area contributed by atoms with Gasteiger partial charge in [0.05, 0.1) is 24.2 Å². The number of hydrogen-bond donors (Lipinski definition) is 3. The summed E-state index contributed by atoms with van der Waals surface area (Å²) in [4.78, 5) is 11.4. The fourth-order valence-corrected chi connectivity index (χ4v) is 3.65. The molecule has 2 atom stereocenters. The number of rotatable bonds is 5. The highest BCUT2D eigenvalue weighted by atomic mass is 32.2. The van der Waals surface area contributed by atoms with Crippen molar-refractivity contribution in [2.24, 2.45) is 5.92 Å². The van der Waals surface area contributed by atoms with Gasteiger partial charge in [-0.3, -0.25) is 0 Å². The molecular weight excluding hydrogens is 244 g/mol. The first-order valence-electron chi connectivity index (χ1n) is 5.82. The molecule has 1 rings (SSSR count). The number of amides is 2.